The lowest BCUT2D eigenvalue weighted by Gasteiger charge is -2.16. The summed E-state index contributed by atoms with van der Waals surface area (Å²) in [5.41, 5.74) is 1.04. The van der Waals surface area contributed by atoms with Crippen LogP contribution in [0.1, 0.15) is 45.4 Å². The second-order valence-electron chi connectivity index (χ2n) is 5.87. The second-order valence-corrected chi connectivity index (χ2v) is 5.87. The van der Waals surface area contributed by atoms with Gasteiger partial charge in [-0.25, -0.2) is 4.98 Å². The number of carbonyl (C=O) groups is 2. The van der Waals surface area contributed by atoms with Crippen LogP contribution in [0.2, 0.25) is 0 Å². The van der Waals surface area contributed by atoms with Crippen LogP contribution >= 0.6 is 0 Å². The van der Waals surface area contributed by atoms with Gasteiger partial charge in [-0.3, -0.25) is 9.59 Å². The van der Waals surface area contributed by atoms with Crippen LogP contribution in [0.3, 0.4) is 0 Å². The van der Waals surface area contributed by atoms with Gasteiger partial charge in [0.2, 0.25) is 0 Å². The van der Waals surface area contributed by atoms with Gasteiger partial charge in [-0.1, -0.05) is 5.16 Å². The molecule has 0 radical (unpaired) electrons. The van der Waals surface area contributed by atoms with Crippen molar-refractivity contribution in [3.8, 4) is 0 Å². The summed E-state index contributed by atoms with van der Waals surface area (Å²) in [5, 5.41) is 9.16. The molecule has 2 aromatic heterocycles. The molecular weight excluding hydrogens is 326 g/mol. The first-order valence-electron chi connectivity index (χ1n) is 8.21. The fourth-order valence-corrected chi connectivity index (χ4v) is 2.84. The van der Waals surface area contributed by atoms with Gasteiger partial charge >= 0.3 is 0 Å². The monoisotopic (exact) mass is 347 g/mol. The van der Waals surface area contributed by atoms with Gasteiger partial charge in [-0.05, 0) is 26.2 Å². The van der Waals surface area contributed by atoms with E-state index >= 15 is 0 Å². The molecular formula is C16H21N5O4. The maximum absolute atomic E-state index is 12.6. The van der Waals surface area contributed by atoms with Crippen molar-refractivity contribution in [2.45, 2.75) is 32.7 Å². The Morgan fingerprint density at radius 2 is 2.20 bits per heavy atom. The molecule has 1 aliphatic rings. The molecule has 1 aliphatic heterocycles. The third-order valence-corrected chi connectivity index (χ3v) is 4.00. The topological polar surface area (TPSA) is 111 Å². The number of hydrogen-bond donors (Lipinski definition) is 2. The largest absolute Gasteiger partial charge is 0.383 e. The Morgan fingerprint density at radius 3 is 2.92 bits per heavy atom. The molecule has 9 nitrogen and oxygen atoms in total. The predicted octanol–water partition coefficient (Wildman–Crippen LogP) is 1.14. The molecule has 2 aromatic rings. The van der Waals surface area contributed by atoms with Crippen LogP contribution in [-0.2, 0) is 17.7 Å². The number of anilines is 1. The first-order valence-corrected chi connectivity index (χ1v) is 8.21. The number of carbonyl (C=O) groups excluding carboxylic acids is 2. The van der Waals surface area contributed by atoms with E-state index in [0.29, 0.717) is 37.7 Å². The van der Waals surface area contributed by atoms with Crippen molar-refractivity contribution >= 4 is 17.6 Å². The Labute approximate surface area is 144 Å². The lowest BCUT2D eigenvalue weighted by Crippen LogP contribution is -2.30. The molecule has 3 heterocycles. The Kier molecular flexibility index (Phi) is 5.13. The van der Waals surface area contributed by atoms with Crippen molar-refractivity contribution in [3.05, 3.63) is 29.0 Å². The third-order valence-electron chi connectivity index (χ3n) is 4.00. The van der Waals surface area contributed by atoms with E-state index in [2.05, 4.69) is 20.8 Å². The van der Waals surface area contributed by atoms with E-state index in [0.717, 1.165) is 18.5 Å². The zero-order valence-corrected chi connectivity index (χ0v) is 14.3. The molecule has 0 fully saturated rings. The van der Waals surface area contributed by atoms with E-state index < -0.39 is 5.91 Å². The Balaban J connectivity index is 1.83. The van der Waals surface area contributed by atoms with Crippen LogP contribution in [0.5, 0.6) is 0 Å². The summed E-state index contributed by atoms with van der Waals surface area (Å²) >= 11 is 0. The van der Waals surface area contributed by atoms with Crippen LogP contribution in [-0.4, -0.2) is 46.8 Å². The average Bonchev–Trinajstić information content (AvgIpc) is 3.18. The van der Waals surface area contributed by atoms with Gasteiger partial charge in [-0.2, -0.15) is 0 Å². The molecule has 0 atom stereocenters. The van der Waals surface area contributed by atoms with Gasteiger partial charge in [0, 0.05) is 26.3 Å². The number of aromatic nitrogens is 3. The molecule has 2 amide bonds. The van der Waals surface area contributed by atoms with Crippen molar-refractivity contribution < 1.29 is 18.8 Å². The van der Waals surface area contributed by atoms with Gasteiger partial charge in [0.05, 0.1) is 12.3 Å². The molecule has 0 saturated heterocycles. The summed E-state index contributed by atoms with van der Waals surface area (Å²) in [6.45, 7) is 3.21. The van der Waals surface area contributed by atoms with Crippen molar-refractivity contribution in [3.63, 3.8) is 0 Å². The van der Waals surface area contributed by atoms with E-state index in [1.54, 1.807) is 20.1 Å². The molecule has 0 bridgehead atoms. The first kappa shape index (κ1) is 17.2. The van der Waals surface area contributed by atoms with Crippen LogP contribution in [0.4, 0.5) is 5.82 Å². The molecule has 0 aliphatic carbocycles. The number of fused-ring (bicyclic) bond motifs is 1. The number of ether oxygens (including phenoxy) is 1. The van der Waals surface area contributed by atoms with Crippen molar-refractivity contribution in [2.24, 2.45) is 0 Å². The number of imidazole rings is 1. The van der Waals surface area contributed by atoms with E-state index in [1.165, 1.54) is 0 Å². The molecule has 0 aromatic carbocycles. The minimum Gasteiger partial charge on any atom is -0.383 e. The second kappa shape index (κ2) is 7.47. The lowest BCUT2D eigenvalue weighted by atomic mass is 10.1. The number of aryl methyl sites for hydroxylation is 1. The standard InChI is InChI=1S/C16H21N5O4/c1-10-9-12(20-25-10)18-15(22)13-11-5-3-4-7-21(11)14(19-13)16(23)17-6-8-24-2/h9H,3-8H2,1-2H3,(H,17,23)(H,18,20,22). The number of methoxy groups -OCH3 is 1. The molecule has 2 N–H and O–H groups in total. The van der Waals surface area contributed by atoms with Gasteiger partial charge in [0.25, 0.3) is 11.8 Å². The molecule has 0 saturated carbocycles. The summed E-state index contributed by atoms with van der Waals surface area (Å²) in [6, 6.07) is 1.62. The first-order chi connectivity index (χ1) is 12.1. The Morgan fingerprint density at radius 1 is 1.36 bits per heavy atom. The van der Waals surface area contributed by atoms with E-state index in [4.69, 9.17) is 9.26 Å². The Bertz CT molecular complexity index is 780. The summed E-state index contributed by atoms with van der Waals surface area (Å²) < 4.78 is 11.7. The highest BCUT2D eigenvalue weighted by Crippen LogP contribution is 2.22. The third kappa shape index (κ3) is 3.71. The summed E-state index contributed by atoms with van der Waals surface area (Å²) in [4.78, 5) is 29.3. The van der Waals surface area contributed by atoms with Crippen LogP contribution in [0.15, 0.2) is 10.6 Å². The van der Waals surface area contributed by atoms with E-state index in [9.17, 15) is 9.59 Å². The molecule has 3 rings (SSSR count). The van der Waals surface area contributed by atoms with Gasteiger partial charge in [0.15, 0.2) is 17.3 Å². The minimum absolute atomic E-state index is 0.257. The van der Waals surface area contributed by atoms with Crippen LogP contribution in [0, 0.1) is 6.92 Å². The highest BCUT2D eigenvalue weighted by Gasteiger charge is 2.27. The summed E-state index contributed by atoms with van der Waals surface area (Å²) in [6.07, 6.45) is 2.62. The van der Waals surface area contributed by atoms with Crippen LogP contribution < -0.4 is 10.6 Å². The average molecular weight is 347 g/mol. The van der Waals surface area contributed by atoms with E-state index in [-0.39, 0.29) is 17.4 Å². The SMILES string of the molecule is COCCNC(=O)c1nc(C(=O)Nc2cc(C)on2)c2n1CCCC2. The molecule has 134 valence electrons. The fraction of sp³-hybridized carbons (Fsp3) is 0.500. The number of hydrogen-bond acceptors (Lipinski definition) is 6. The highest BCUT2D eigenvalue weighted by atomic mass is 16.5. The molecule has 9 heteroatoms. The van der Waals surface area contributed by atoms with E-state index in [1.807, 2.05) is 4.57 Å². The molecule has 0 unspecified atom stereocenters. The summed E-state index contributed by atoms with van der Waals surface area (Å²) in [5.74, 6) is 0.477. The van der Waals surface area contributed by atoms with Crippen LogP contribution in [0.25, 0.3) is 0 Å². The molecule has 25 heavy (non-hydrogen) atoms. The molecule has 0 spiro atoms. The number of amides is 2. The summed E-state index contributed by atoms with van der Waals surface area (Å²) in [7, 11) is 1.57. The smallest absolute Gasteiger partial charge is 0.287 e. The quantitative estimate of drug-likeness (QED) is 0.758. The maximum Gasteiger partial charge on any atom is 0.287 e. The van der Waals surface area contributed by atoms with Crippen molar-refractivity contribution in [1.29, 1.82) is 0 Å². The highest BCUT2D eigenvalue weighted by molar-refractivity contribution is 6.04. The zero-order valence-electron chi connectivity index (χ0n) is 14.3. The lowest BCUT2D eigenvalue weighted by molar-refractivity contribution is 0.0921. The number of rotatable bonds is 6. The maximum atomic E-state index is 12.6. The van der Waals surface area contributed by atoms with Gasteiger partial charge in [-0.15, -0.1) is 0 Å². The predicted molar refractivity (Wildman–Crippen MR) is 88.6 cm³/mol. The number of nitrogens with one attached hydrogen (secondary N) is 2. The minimum atomic E-state index is -0.394. The van der Waals surface area contributed by atoms with Crippen molar-refractivity contribution in [2.75, 3.05) is 25.6 Å². The normalized spacial score (nSPS) is 13.4. The number of nitrogens with zero attached hydrogens (tertiary/aromatic N) is 3. The Hall–Kier alpha value is -2.68. The zero-order chi connectivity index (χ0) is 17.8. The van der Waals surface area contributed by atoms with Gasteiger partial charge in [0.1, 0.15) is 5.76 Å². The fourth-order valence-electron chi connectivity index (χ4n) is 2.84. The van der Waals surface area contributed by atoms with Gasteiger partial charge < -0.3 is 24.5 Å². The van der Waals surface area contributed by atoms with Crippen molar-refractivity contribution in [1.82, 2.24) is 20.0 Å².